The molecule has 0 bridgehead atoms. The zero-order valence-electron chi connectivity index (χ0n) is 11.4. The number of fused-ring (bicyclic) bond motifs is 1. The van der Waals surface area contributed by atoms with Gasteiger partial charge in [-0.3, -0.25) is 0 Å². The van der Waals surface area contributed by atoms with Crippen molar-refractivity contribution in [3.8, 4) is 5.75 Å². The number of halogens is 3. The van der Waals surface area contributed by atoms with E-state index in [9.17, 15) is 18.3 Å². The van der Waals surface area contributed by atoms with E-state index >= 15 is 0 Å². The van der Waals surface area contributed by atoms with Crippen molar-refractivity contribution in [1.29, 1.82) is 0 Å². The third-order valence-corrected chi connectivity index (χ3v) is 2.72. The number of hydrogen-bond donors (Lipinski definition) is 1. The average molecular weight is 270 g/mol. The molecule has 0 saturated heterocycles. The average Bonchev–Trinajstić information content (AvgIpc) is 2.37. The van der Waals surface area contributed by atoms with E-state index in [4.69, 9.17) is 0 Å². The number of phenols is 1. The molecule has 0 heterocycles. The lowest BCUT2D eigenvalue weighted by molar-refractivity contribution is 0.473. The minimum Gasteiger partial charge on any atom is -0.508 e. The van der Waals surface area contributed by atoms with Crippen LogP contribution in [0.1, 0.15) is 39.2 Å². The Hall–Kier alpha value is -1.71. The highest BCUT2D eigenvalue weighted by molar-refractivity contribution is 5.88. The Labute approximate surface area is 110 Å². The van der Waals surface area contributed by atoms with Crippen molar-refractivity contribution in [1.82, 2.24) is 0 Å². The number of phenolic OH excluding ortho intramolecular Hbond substituents is 1. The van der Waals surface area contributed by atoms with E-state index in [1.807, 2.05) is 13.8 Å². The van der Waals surface area contributed by atoms with Gasteiger partial charge in [0.1, 0.15) is 11.6 Å². The molecule has 0 atom stereocenters. The lowest BCUT2D eigenvalue weighted by Crippen LogP contribution is -1.97. The zero-order valence-corrected chi connectivity index (χ0v) is 11.4. The molecular weight excluding hydrogens is 253 g/mol. The van der Waals surface area contributed by atoms with Crippen LogP contribution in [0.4, 0.5) is 13.2 Å². The molecule has 104 valence electrons. The number of hydrogen-bond acceptors (Lipinski definition) is 1. The molecule has 0 amide bonds. The SMILES string of the molecule is CC.CC(C)c1cc(O)cc2c(F)cc(F)c(F)c12. The molecule has 0 aliphatic heterocycles. The van der Waals surface area contributed by atoms with Crippen LogP contribution >= 0.6 is 0 Å². The van der Waals surface area contributed by atoms with Crippen molar-refractivity contribution in [2.24, 2.45) is 0 Å². The van der Waals surface area contributed by atoms with Gasteiger partial charge in [0.25, 0.3) is 0 Å². The van der Waals surface area contributed by atoms with Gasteiger partial charge in [0.05, 0.1) is 0 Å². The van der Waals surface area contributed by atoms with Gasteiger partial charge in [-0.25, -0.2) is 13.2 Å². The van der Waals surface area contributed by atoms with Gasteiger partial charge in [0, 0.05) is 16.8 Å². The van der Waals surface area contributed by atoms with Crippen LogP contribution in [0.3, 0.4) is 0 Å². The second kappa shape index (κ2) is 5.95. The van der Waals surface area contributed by atoms with E-state index in [1.165, 1.54) is 6.07 Å². The van der Waals surface area contributed by atoms with Crippen LogP contribution in [0.5, 0.6) is 5.75 Å². The van der Waals surface area contributed by atoms with Crippen molar-refractivity contribution in [2.75, 3.05) is 0 Å². The monoisotopic (exact) mass is 270 g/mol. The van der Waals surface area contributed by atoms with Crippen LogP contribution in [0.25, 0.3) is 10.8 Å². The predicted octanol–water partition coefficient (Wildman–Crippen LogP) is 5.11. The highest BCUT2D eigenvalue weighted by Crippen LogP contribution is 2.34. The maximum absolute atomic E-state index is 13.7. The van der Waals surface area contributed by atoms with E-state index in [-0.39, 0.29) is 22.4 Å². The molecule has 0 unspecified atom stereocenters. The second-order valence-corrected chi connectivity index (χ2v) is 4.27. The Balaban J connectivity index is 0.000000861. The fraction of sp³-hybridized carbons (Fsp3) is 0.333. The summed E-state index contributed by atoms with van der Waals surface area (Å²) in [5.41, 5.74) is 0.385. The van der Waals surface area contributed by atoms with Gasteiger partial charge in [-0.05, 0) is 23.6 Å². The van der Waals surface area contributed by atoms with Gasteiger partial charge in [-0.1, -0.05) is 27.7 Å². The first-order valence-corrected chi connectivity index (χ1v) is 6.22. The van der Waals surface area contributed by atoms with Gasteiger partial charge in [0.2, 0.25) is 0 Å². The maximum atomic E-state index is 13.7. The lowest BCUT2D eigenvalue weighted by Gasteiger charge is -2.12. The van der Waals surface area contributed by atoms with Gasteiger partial charge >= 0.3 is 0 Å². The third kappa shape index (κ3) is 2.83. The zero-order chi connectivity index (χ0) is 14.7. The first kappa shape index (κ1) is 15.3. The smallest absolute Gasteiger partial charge is 0.167 e. The van der Waals surface area contributed by atoms with Crippen molar-refractivity contribution in [3.05, 3.63) is 41.2 Å². The van der Waals surface area contributed by atoms with Crippen LogP contribution in [0, 0.1) is 17.5 Å². The van der Waals surface area contributed by atoms with Crippen LogP contribution < -0.4 is 0 Å². The minimum absolute atomic E-state index is 0.102. The molecule has 1 nitrogen and oxygen atoms in total. The molecule has 0 fully saturated rings. The molecule has 19 heavy (non-hydrogen) atoms. The second-order valence-electron chi connectivity index (χ2n) is 4.27. The Morgan fingerprint density at radius 2 is 1.53 bits per heavy atom. The summed E-state index contributed by atoms with van der Waals surface area (Å²) in [6, 6.07) is 2.91. The van der Waals surface area contributed by atoms with Crippen LogP contribution in [0.2, 0.25) is 0 Å². The highest BCUT2D eigenvalue weighted by Gasteiger charge is 2.18. The third-order valence-electron chi connectivity index (χ3n) is 2.72. The maximum Gasteiger partial charge on any atom is 0.167 e. The van der Waals surface area contributed by atoms with Gasteiger partial charge in [-0.2, -0.15) is 0 Å². The Morgan fingerprint density at radius 1 is 0.947 bits per heavy atom. The molecule has 2 rings (SSSR count). The van der Waals surface area contributed by atoms with E-state index in [2.05, 4.69) is 0 Å². The van der Waals surface area contributed by atoms with Crippen molar-refractivity contribution in [2.45, 2.75) is 33.6 Å². The standard InChI is InChI=1S/C13H11F3O.C2H6/c1-6(2)8-3-7(17)4-9-10(14)5-11(15)13(16)12(8)9;1-2/h3-6,17H,1-2H3;1-2H3. The van der Waals surface area contributed by atoms with Crippen molar-refractivity contribution in [3.63, 3.8) is 0 Å². The van der Waals surface area contributed by atoms with Gasteiger partial charge < -0.3 is 5.11 Å². The highest BCUT2D eigenvalue weighted by atomic mass is 19.2. The van der Waals surface area contributed by atoms with Gasteiger partial charge in [-0.15, -0.1) is 0 Å². The molecule has 1 N–H and O–H groups in total. The number of aromatic hydroxyl groups is 1. The van der Waals surface area contributed by atoms with E-state index in [0.717, 1.165) is 6.07 Å². The summed E-state index contributed by atoms with van der Waals surface area (Å²) < 4.78 is 40.4. The van der Waals surface area contributed by atoms with Crippen molar-refractivity contribution >= 4 is 10.8 Å². The minimum atomic E-state index is -1.22. The molecule has 0 spiro atoms. The molecular formula is C15H17F3O. The largest absolute Gasteiger partial charge is 0.508 e. The van der Waals surface area contributed by atoms with Crippen molar-refractivity contribution < 1.29 is 18.3 Å². The Morgan fingerprint density at radius 3 is 2.05 bits per heavy atom. The topological polar surface area (TPSA) is 20.2 Å². The van der Waals surface area contributed by atoms with E-state index in [0.29, 0.717) is 11.6 Å². The summed E-state index contributed by atoms with van der Waals surface area (Å²) in [7, 11) is 0. The fourth-order valence-corrected chi connectivity index (χ4v) is 1.91. The molecule has 0 aliphatic carbocycles. The molecule has 0 aliphatic rings. The molecule has 4 heteroatoms. The first-order chi connectivity index (χ1) is 8.91. The Kier molecular flexibility index (Phi) is 4.81. The molecule has 2 aromatic rings. The van der Waals surface area contributed by atoms with E-state index in [1.54, 1.807) is 13.8 Å². The molecule has 0 radical (unpaired) electrons. The lowest BCUT2D eigenvalue weighted by atomic mass is 9.95. The summed E-state index contributed by atoms with van der Waals surface area (Å²) >= 11 is 0. The normalized spacial score (nSPS) is 10.5. The van der Waals surface area contributed by atoms with Crippen LogP contribution in [0.15, 0.2) is 18.2 Å². The Bertz CT molecular complexity index is 592. The summed E-state index contributed by atoms with van der Waals surface area (Å²) in [4.78, 5) is 0. The molecule has 0 aromatic heterocycles. The van der Waals surface area contributed by atoms with E-state index < -0.39 is 17.5 Å². The predicted molar refractivity (Wildman–Crippen MR) is 70.9 cm³/mol. The summed E-state index contributed by atoms with van der Waals surface area (Å²) in [5.74, 6) is -3.49. The number of rotatable bonds is 1. The first-order valence-electron chi connectivity index (χ1n) is 6.22. The van der Waals surface area contributed by atoms with Crippen LogP contribution in [-0.4, -0.2) is 5.11 Å². The summed E-state index contributed by atoms with van der Waals surface area (Å²) in [5, 5.41) is 9.26. The molecule has 0 saturated carbocycles. The van der Waals surface area contributed by atoms with Gasteiger partial charge in [0.15, 0.2) is 11.6 Å². The fourth-order valence-electron chi connectivity index (χ4n) is 1.91. The summed E-state index contributed by atoms with van der Waals surface area (Å²) in [6.07, 6.45) is 0. The summed E-state index contributed by atoms with van der Waals surface area (Å²) in [6.45, 7) is 7.52. The number of benzene rings is 2. The van der Waals surface area contributed by atoms with Crippen LogP contribution in [-0.2, 0) is 0 Å². The molecule has 2 aromatic carbocycles. The quantitative estimate of drug-likeness (QED) is 0.714.